The SMILES string of the molecule is CCOC(=O)Cc1ccc(NCCC(=O)c2ccc3ccccc3c2)cc1. The van der Waals surface area contributed by atoms with Gasteiger partial charge in [-0.2, -0.15) is 0 Å². The summed E-state index contributed by atoms with van der Waals surface area (Å²) in [7, 11) is 0. The molecule has 0 aliphatic rings. The molecule has 27 heavy (non-hydrogen) atoms. The molecular formula is C23H23NO3. The van der Waals surface area contributed by atoms with Gasteiger partial charge in [0.05, 0.1) is 13.0 Å². The Labute approximate surface area is 159 Å². The molecule has 0 spiro atoms. The van der Waals surface area contributed by atoms with Gasteiger partial charge in [0.2, 0.25) is 0 Å². The van der Waals surface area contributed by atoms with Gasteiger partial charge in [-0.05, 0) is 41.5 Å². The molecule has 0 atom stereocenters. The molecule has 0 radical (unpaired) electrons. The molecule has 0 unspecified atom stereocenters. The Morgan fingerprint density at radius 2 is 1.67 bits per heavy atom. The minimum Gasteiger partial charge on any atom is -0.466 e. The second-order valence-corrected chi connectivity index (χ2v) is 6.34. The normalized spacial score (nSPS) is 10.6. The zero-order valence-corrected chi connectivity index (χ0v) is 15.4. The van der Waals surface area contributed by atoms with Crippen molar-refractivity contribution in [2.45, 2.75) is 19.8 Å². The van der Waals surface area contributed by atoms with Crippen molar-refractivity contribution in [2.24, 2.45) is 0 Å². The molecule has 1 N–H and O–H groups in total. The van der Waals surface area contributed by atoms with Crippen LogP contribution in [0.15, 0.2) is 66.7 Å². The lowest BCUT2D eigenvalue weighted by Crippen LogP contribution is -2.09. The molecule has 0 fully saturated rings. The van der Waals surface area contributed by atoms with Crippen molar-refractivity contribution in [3.63, 3.8) is 0 Å². The minimum atomic E-state index is -0.223. The van der Waals surface area contributed by atoms with Crippen molar-refractivity contribution in [1.29, 1.82) is 0 Å². The van der Waals surface area contributed by atoms with Crippen molar-refractivity contribution < 1.29 is 14.3 Å². The number of carbonyl (C=O) groups is 2. The summed E-state index contributed by atoms with van der Waals surface area (Å²) in [6.45, 7) is 2.75. The van der Waals surface area contributed by atoms with Crippen LogP contribution in [0.3, 0.4) is 0 Å². The fourth-order valence-corrected chi connectivity index (χ4v) is 2.95. The first-order chi connectivity index (χ1) is 13.2. The number of hydrogen-bond donors (Lipinski definition) is 1. The van der Waals surface area contributed by atoms with Gasteiger partial charge in [-0.3, -0.25) is 9.59 Å². The summed E-state index contributed by atoms with van der Waals surface area (Å²) in [6.07, 6.45) is 0.692. The van der Waals surface area contributed by atoms with Crippen LogP contribution in [0.1, 0.15) is 29.3 Å². The quantitative estimate of drug-likeness (QED) is 0.469. The van der Waals surface area contributed by atoms with E-state index in [0.717, 1.165) is 27.6 Å². The molecule has 0 aliphatic carbocycles. The summed E-state index contributed by atoms with van der Waals surface area (Å²) in [4.78, 5) is 23.9. The fourth-order valence-electron chi connectivity index (χ4n) is 2.95. The van der Waals surface area contributed by atoms with Gasteiger partial charge in [-0.25, -0.2) is 0 Å². The predicted octanol–water partition coefficient (Wildman–Crippen LogP) is 4.63. The first-order valence-corrected chi connectivity index (χ1v) is 9.16. The first kappa shape index (κ1) is 18.6. The molecule has 3 rings (SSSR count). The first-order valence-electron chi connectivity index (χ1n) is 9.16. The molecule has 4 heteroatoms. The second kappa shape index (κ2) is 8.99. The maximum atomic E-state index is 12.4. The van der Waals surface area contributed by atoms with Gasteiger partial charge < -0.3 is 10.1 Å². The van der Waals surface area contributed by atoms with Crippen molar-refractivity contribution in [3.8, 4) is 0 Å². The zero-order chi connectivity index (χ0) is 19.1. The lowest BCUT2D eigenvalue weighted by Gasteiger charge is -2.08. The standard InChI is InChI=1S/C23H23NO3/c1-2-27-23(26)15-17-7-11-21(12-8-17)24-14-13-22(25)20-10-9-18-5-3-4-6-19(18)16-20/h3-12,16,24H,2,13-15H2,1H3. The number of ketones is 1. The highest BCUT2D eigenvalue weighted by molar-refractivity contribution is 6.00. The molecule has 0 bridgehead atoms. The third-order valence-electron chi connectivity index (χ3n) is 4.36. The van der Waals surface area contributed by atoms with Crippen LogP contribution in [0, 0.1) is 0 Å². The molecule has 0 heterocycles. The summed E-state index contributed by atoms with van der Waals surface area (Å²) in [5.41, 5.74) is 2.57. The molecule has 0 saturated heterocycles. The number of hydrogen-bond acceptors (Lipinski definition) is 4. The van der Waals surface area contributed by atoms with Crippen LogP contribution in [-0.4, -0.2) is 24.9 Å². The maximum Gasteiger partial charge on any atom is 0.310 e. The topological polar surface area (TPSA) is 55.4 Å². The van der Waals surface area contributed by atoms with Crippen LogP contribution in [0.25, 0.3) is 10.8 Å². The van der Waals surface area contributed by atoms with Crippen LogP contribution in [0.4, 0.5) is 5.69 Å². The molecule has 3 aromatic rings. The highest BCUT2D eigenvalue weighted by atomic mass is 16.5. The molecular weight excluding hydrogens is 338 g/mol. The summed E-state index contributed by atoms with van der Waals surface area (Å²) in [6, 6.07) is 21.4. The summed E-state index contributed by atoms with van der Waals surface area (Å²) in [5, 5.41) is 5.46. The van der Waals surface area contributed by atoms with Crippen molar-refractivity contribution in [2.75, 3.05) is 18.5 Å². The van der Waals surface area contributed by atoms with Crippen molar-refractivity contribution in [1.82, 2.24) is 0 Å². The molecule has 0 aromatic heterocycles. The van der Waals surface area contributed by atoms with E-state index in [1.807, 2.05) is 66.7 Å². The summed E-state index contributed by atoms with van der Waals surface area (Å²) in [5.74, 6) is -0.105. The Balaban J connectivity index is 1.51. The van der Waals surface area contributed by atoms with E-state index in [-0.39, 0.29) is 18.2 Å². The average Bonchev–Trinajstić information content (AvgIpc) is 2.69. The number of carbonyl (C=O) groups excluding carboxylic acids is 2. The highest BCUT2D eigenvalue weighted by Crippen LogP contribution is 2.17. The monoisotopic (exact) mass is 361 g/mol. The third kappa shape index (κ3) is 5.17. The molecule has 0 aliphatic heterocycles. The highest BCUT2D eigenvalue weighted by Gasteiger charge is 2.07. The van der Waals surface area contributed by atoms with Gasteiger partial charge in [0.1, 0.15) is 0 Å². The molecule has 0 saturated carbocycles. The smallest absolute Gasteiger partial charge is 0.310 e. The third-order valence-corrected chi connectivity index (χ3v) is 4.36. The number of esters is 1. The number of anilines is 1. The van der Waals surface area contributed by atoms with Gasteiger partial charge in [0.25, 0.3) is 0 Å². The van der Waals surface area contributed by atoms with Crippen LogP contribution in [0.5, 0.6) is 0 Å². The molecule has 138 valence electrons. The summed E-state index contributed by atoms with van der Waals surface area (Å²) < 4.78 is 4.94. The van der Waals surface area contributed by atoms with Crippen LogP contribution in [0.2, 0.25) is 0 Å². The van der Waals surface area contributed by atoms with E-state index < -0.39 is 0 Å². The second-order valence-electron chi connectivity index (χ2n) is 6.34. The number of Topliss-reactive ketones (excluding diaryl/α,β-unsaturated/α-hetero) is 1. The number of ether oxygens (including phenoxy) is 1. The predicted molar refractivity (Wildman–Crippen MR) is 108 cm³/mol. The Hall–Kier alpha value is -3.14. The van der Waals surface area contributed by atoms with Crippen molar-refractivity contribution in [3.05, 3.63) is 77.9 Å². The van der Waals surface area contributed by atoms with E-state index in [4.69, 9.17) is 4.74 Å². The Morgan fingerprint density at radius 3 is 2.41 bits per heavy atom. The van der Waals surface area contributed by atoms with E-state index in [9.17, 15) is 9.59 Å². The van der Waals surface area contributed by atoms with Crippen LogP contribution >= 0.6 is 0 Å². The van der Waals surface area contributed by atoms with Crippen LogP contribution in [-0.2, 0) is 16.0 Å². The Morgan fingerprint density at radius 1 is 0.926 bits per heavy atom. The van der Waals surface area contributed by atoms with E-state index in [1.54, 1.807) is 6.92 Å². The van der Waals surface area contributed by atoms with Crippen molar-refractivity contribution >= 4 is 28.2 Å². The van der Waals surface area contributed by atoms with Gasteiger partial charge in [-0.1, -0.05) is 48.5 Å². The van der Waals surface area contributed by atoms with Gasteiger partial charge in [0, 0.05) is 24.2 Å². The minimum absolute atomic E-state index is 0.118. The van der Waals surface area contributed by atoms with Gasteiger partial charge >= 0.3 is 5.97 Å². The van der Waals surface area contributed by atoms with E-state index in [2.05, 4.69) is 5.32 Å². The number of nitrogens with one attached hydrogen (secondary N) is 1. The fraction of sp³-hybridized carbons (Fsp3) is 0.217. The van der Waals surface area contributed by atoms with Crippen LogP contribution < -0.4 is 5.32 Å². The zero-order valence-electron chi connectivity index (χ0n) is 15.4. The lowest BCUT2D eigenvalue weighted by molar-refractivity contribution is -0.142. The maximum absolute atomic E-state index is 12.4. The Kier molecular flexibility index (Phi) is 6.21. The average molecular weight is 361 g/mol. The molecule has 0 amide bonds. The number of fused-ring (bicyclic) bond motifs is 1. The number of benzene rings is 3. The lowest BCUT2D eigenvalue weighted by atomic mass is 10.0. The summed E-state index contributed by atoms with van der Waals surface area (Å²) >= 11 is 0. The van der Waals surface area contributed by atoms with Gasteiger partial charge in [-0.15, -0.1) is 0 Å². The largest absolute Gasteiger partial charge is 0.466 e. The molecule has 4 nitrogen and oxygen atoms in total. The van der Waals surface area contributed by atoms with E-state index in [1.165, 1.54) is 0 Å². The van der Waals surface area contributed by atoms with Gasteiger partial charge in [0.15, 0.2) is 5.78 Å². The van der Waals surface area contributed by atoms with E-state index >= 15 is 0 Å². The van der Waals surface area contributed by atoms with E-state index in [0.29, 0.717) is 19.6 Å². The number of rotatable bonds is 8. The molecule has 3 aromatic carbocycles. The Bertz CT molecular complexity index is 932.